The van der Waals surface area contributed by atoms with E-state index in [2.05, 4.69) is 26.9 Å². The minimum absolute atomic E-state index is 0.105. The predicted octanol–water partition coefficient (Wildman–Crippen LogP) is 2.17. The summed E-state index contributed by atoms with van der Waals surface area (Å²) < 4.78 is 4.62. The van der Waals surface area contributed by atoms with Crippen molar-refractivity contribution in [3.63, 3.8) is 0 Å². The van der Waals surface area contributed by atoms with Crippen molar-refractivity contribution in [1.82, 2.24) is 10.2 Å². The Hall–Kier alpha value is -1.26. The first-order valence-electron chi connectivity index (χ1n) is 7.88. The topological polar surface area (TPSA) is 53.9 Å². The van der Waals surface area contributed by atoms with Crippen LogP contribution in [0.4, 0.5) is 0 Å². The number of rotatable bonds is 8. The Bertz CT molecular complexity index is 299. The summed E-state index contributed by atoms with van der Waals surface area (Å²) in [6.45, 7) is 6.17. The summed E-state index contributed by atoms with van der Waals surface area (Å²) in [5.74, 6) is 0.964. The lowest BCUT2D eigenvalue weighted by Crippen LogP contribution is -2.39. The number of ether oxygens (including phenoxy) is 1. The predicted molar refractivity (Wildman–Crippen MR) is 81.9 cm³/mol. The Morgan fingerprint density at radius 1 is 1.20 bits per heavy atom. The van der Waals surface area contributed by atoms with E-state index in [-0.39, 0.29) is 5.97 Å². The van der Waals surface area contributed by atoms with Crippen LogP contribution in [0.15, 0.2) is 4.99 Å². The van der Waals surface area contributed by atoms with E-state index in [0.29, 0.717) is 6.42 Å². The van der Waals surface area contributed by atoms with E-state index in [4.69, 9.17) is 0 Å². The summed E-state index contributed by atoms with van der Waals surface area (Å²) in [5.41, 5.74) is 0. The van der Waals surface area contributed by atoms with Gasteiger partial charge >= 0.3 is 5.97 Å². The maximum atomic E-state index is 11.0. The normalized spacial score (nSPS) is 15.5. The monoisotopic (exact) mass is 283 g/mol. The second-order valence-corrected chi connectivity index (χ2v) is 5.17. The van der Waals surface area contributed by atoms with Gasteiger partial charge in [0.25, 0.3) is 0 Å². The molecule has 1 aliphatic rings. The molecule has 0 unspecified atom stereocenters. The summed E-state index contributed by atoms with van der Waals surface area (Å²) in [6, 6.07) is 0. The van der Waals surface area contributed by atoms with Gasteiger partial charge in [-0.1, -0.05) is 12.8 Å². The molecule has 0 aromatic heterocycles. The molecule has 1 heterocycles. The van der Waals surface area contributed by atoms with Gasteiger partial charge in [0.15, 0.2) is 5.96 Å². The molecule has 5 nitrogen and oxygen atoms in total. The van der Waals surface area contributed by atoms with E-state index < -0.39 is 0 Å². The summed E-state index contributed by atoms with van der Waals surface area (Å²) in [5, 5.41) is 3.36. The molecule has 20 heavy (non-hydrogen) atoms. The first-order valence-corrected chi connectivity index (χ1v) is 7.88. The van der Waals surface area contributed by atoms with Crippen LogP contribution >= 0.6 is 0 Å². The first-order chi connectivity index (χ1) is 9.77. The third kappa shape index (κ3) is 6.78. The largest absolute Gasteiger partial charge is 0.469 e. The minimum atomic E-state index is -0.105. The lowest BCUT2D eigenvalue weighted by atomic mass is 10.1. The van der Waals surface area contributed by atoms with Gasteiger partial charge in [-0.25, -0.2) is 0 Å². The molecule has 0 aliphatic carbocycles. The number of guanidine groups is 1. The number of methoxy groups -OCH3 is 1. The van der Waals surface area contributed by atoms with Gasteiger partial charge in [0.1, 0.15) is 0 Å². The molecule has 1 N–H and O–H groups in total. The Balaban J connectivity index is 2.12. The zero-order valence-electron chi connectivity index (χ0n) is 13.0. The number of nitrogens with one attached hydrogen (secondary N) is 1. The highest BCUT2D eigenvalue weighted by molar-refractivity contribution is 5.80. The molecular weight excluding hydrogens is 254 g/mol. The molecule has 0 atom stereocenters. The summed E-state index contributed by atoms with van der Waals surface area (Å²) in [6.07, 6.45) is 7.29. The quantitative estimate of drug-likeness (QED) is 0.321. The maximum absolute atomic E-state index is 11.0. The van der Waals surface area contributed by atoms with Gasteiger partial charge in [0, 0.05) is 32.6 Å². The van der Waals surface area contributed by atoms with Crippen molar-refractivity contribution >= 4 is 11.9 Å². The minimum Gasteiger partial charge on any atom is -0.469 e. The molecule has 0 aromatic rings. The lowest BCUT2D eigenvalue weighted by Gasteiger charge is -2.20. The number of hydrogen-bond acceptors (Lipinski definition) is 3. The summed E-state index contributed by atoms with van der Waals surface area (Å²) >= 11 is 0. The van der Waals surface area contributed by atoms with Crippen LogP contribution in [-0.4, -0.2) is 50.1 Å². The lowest BCUT2D eigenvalue weighted by molar-refractivity contribution is -0.140. The van der Waals surface area contributed by atoms with Gasteiger partial charge < -0.3 is 15.0 Å². The van der Waals surface area contributed by atoms with E-state index in [0.717, 1.165) is 57.8 Å². The molecule has 0 spiro atoms. The van der Waals surface area contributed by atoms with Crippen LogP contribution in [0.5, 0.6) is 0 Å². The molecule has 5 heteroatoms. The average Bonchev–Trinajstić information content (AvgIpc) is 2.98. The molecule has 0 bridgehead atoms. The molecule has 0 amide bonds. The molecule has 1 fully saturated rings. The van der Waals surface area contributed by atoms with E-state index in [1.807, 2.05) is 0 Å². The third-order valence-electron chi connectivity index (χ3n) is 3.52. The highest BCUT2D eigenvalue weighted by Gasteiger charge is 2.14. The van der Waals surface area contributed by atoms with Gasteiger partial charge in [-0.15, -0.1) is 0 Å². The summed E-state index contributed by atoms with van der Waals surface area (Å²) in [7, 11) is 1.44. The molecule has 1 aliphatic heterocycles. The second kappa shape index (κ2) is 10.5. The van der Waals surface area contributed by atoms with Gasteiger partial charge in [0.05, 0.1) is 7.11 Å². The fourth-order valence-electron chi connectivity index (χ4n) is 2.38. The Morgan fingerprint density at radius 2 is 1.90 bits per heavy atom. The van der Waals surface area contributed by atoms with Crippen molar-refractivity contribution in [2.75, 3.05) is 33.3 Å². The van der Waals surface area contributed by atoms with Crippen molar-refractivity contribution in [2.24, 2.45) is 4.99 Å². The Labute approximate surface area is 122 Å². The zero-order valence-corrected chi connectivity index (χ0v) is 13.0. The van der Waals surface area contributed by atoms with Crippen molar-refractivity contribution in [3.8, 4) is 0 Å². The molecule has 116 valence electrons. The van der Waals surface area contributed by atoms with Gasteiger partial charge in [-0.2, -0.15) is 0 Å². The number of unbranched alkanes of at least 4 members (excludes halogenated alkanes) is 3. The highest BCUT2D eigenvalue weighted by atomic mass is 16.5. The number of carbonyl (C=O) groups is 1. The summed E-state index contributed by atoms with van der Waals surface area (Å²) in [4.78, 5) is 18.0. The standard InChI is InChI=1S/C15H29N3O2/c1-3-16-15(18-12-8-9-13-18)17-11-7-5-4-6-10-14(19)20-2/h3-13H2,1-2H3,(H,16,17). The highest BCUT2D eigenvalue weighted by Crippen LogP contribution is 2.08. The van der Waals surface area contributed by atoms with E-state index >= 15 is 0 Å². The third-order valence-corrected chi connectivity index (χ3v) is 3.52. The molecule has 0 radical (unpaired) electrons. The van der Waals surface area contributed by atoms with Crippen LogP contribution < -0.4 is 5.32 Å². The smallest absolute Gasteiger partial charge is 0.305 e. The second-order valence-electron chi connectivity index (χ2n) is 5.17. The van der Waals surface area contributed by atoms with Crippen LogP contribution in [0.1, 0.15) is 51.9 Å². The Morgan fingerprint density at radius 3 is 2.55 bits per heavy atom. The molecule has 0 saturated carbocycles. The number of hydrogen-bond donors (Lipinski definition) is 1. The van der Waals surface area contributed by atoms with Crippen LogP contribution in [0.3, 0.4) is 0 Å². The maximum Gasteiger partial charge on any atom is 0.305 e. The Kier molecular flexibility index (Phi) is 8.83. The van der Waals surface area contributed by atoms with Crippen LogP contribution in [0.2, 0.25) is 0 Å². The van der Waals surface area contributed by atoms with Gasteiger partial charge in [0.2, 0.25) is 0 Å². The first kappa shape index (κ1) is 16.8. The van der Waals surface area contributed by atoms with Gasteiger partial charge in [-0.05, 0) is 32.6 Å². The van der Waals surface area contributed by atoms with E-state index in [9.17, 15) is 4.79 Å². The van der Waals surface area contributed by atoms with Crippen LogP contribution in [-0.2, 0) is 9.53 Å². The van der Waals surface area contributed by atoms with Crippen LogP contribution in [0.25, 0.3) is 0 Å². The molecule has 1 saturated heterocycles. The zero-order chi connectivity index (χ0) is 14.6. The fraction of sp³-hybridized carbons (Fsp3) is 0.867. The van der Waals surface area contributed by atoms with Crippen molar-refractivity contribution in [2.45, 2.75) is 51.9 Å². The molecule has 0 aromatic carbocycles. The molecular formula is C15H29N3O2. The van der Waals surface area contributed by atoms with E-state index in [1.165, 1.54) is 20.0 Å². The number of likely N-dealkylation sites (tertiary alicyclic amines) is 1. The number of nitrogens with zero attached hydrogens (tertiary/aromatic N) is 2. The fourth-order valence-corrected chi connectivity index (χ4v) is 2.38. The average molecular weight is 283 g/mol. The van der Waals surface area contributed by atoms with Crippen LogP contribution in [0, 0.1) is 0 Å². The number of esters is 1. The number of carbonyl (C=O) groups excluding carboxylic acids is 1. The molecule has 1 rings (SSSR count). The number of aliphatic imine (C=N–C) groups is 1. The SMILES string of the molecule is CCNC(=NCCCCCCC(=O)OC)N1CCCC1. The van der Waals surface area contributed by atoms with Gasteiger partial charge in [-0.3, -0.25) is 9.79 Å². The van der Waals surface area contributed by atoms with Crippen molar-refractivity contribution < 1.29 is 9.53 Å². The van der Waals surface area contributed by atoms with Crippen molar-refractivity contribution in [3.05, 3.63) is 0 Å². The van der Waals surface area contributed by atoms with E-state index in [1.54, 1.807) is 0 Å². The van der Waals surface area contributed by atoms with Crippen molar-refractivity contribution in [1.29, 1.82) is 0 Å².